The van der Waals surface area contributed by atoms with Crippen LogP contribution in [0.25, 0.3) is 0 Å². The number of aromatic nitrogens is 2. The summed E-state index contributed by atoms with van der Waals surface area (Å²) in [5.74, 6) is 0.753. The molecule has 0 bridgehead atoms. The van der Waals surface area contributed by atoms with Crippen LogP contribution in [0.5, 0.6) is 0 Å². The zero-order valence-electron chi connectivity index (χ0n) is 13.4. The quantitative estimate of drug-likeness (QED) is 0.942. The number of nitrogens with zero attached hydrogens (tertiary/aromatic N) is 3. The number of rotatable bonds is 4. The van der Waals surface area contributed by atoms with Gasteiger partial charge in [-0.15, -0.1) is 0 Å². The highest BCUT2D eigenvalue weighted by Crippen LogP contribution is 2.16. The molecule has 1 unspecified atom stereocenters. The minimum Gasteiger partial charge on any atom is -0.348 e. The molecule has 1 N–H and O–H groups in total. The summed E-state index contributed by atoms with van der Waals surface area (Å²) >= 11 is 0. The molecule has 23 heavy (non-hydrogen) atoms. The van der Waals surface area contributed by atoms with E-state index >= 15 is 0 Å². The van der Waals surface area contributed by atoms with Crippen LogP contribution in [-0.2, 0) is 6.42 Å². The predicted octanol–water partition coefficient (Wildman–Crippen LogP) is 2.44. The largest absolute Gasteiger partial charge is 0.348 e. The van der Waals surface area contributed by atoms with Crippen molar-refractivity contribution in [3.63, 3.8) is 0 Å². The Kier molecular flexibility index (Phi) is 4.86. The van der Waals surface area contributed by atoms with Crippen LogP contribution in [0.4, 0.5) is 5.95 Å². The molecule has 3 rings (SSSR count). The Morgan fingerprint density at radius 3 is 2.83 bits per heavy atom. The average molecular weight is 310 g/mol. The van der Waals surface area contributed by atoms with E-state index in [0.29, 0.717) is 0 Å². The van der Waals surface area contributed by atoms with E-state index in [9.17, 15) is 4.79 Å². The first-order valence-corrected chi connectivity index (χ1v) is 8.18. The van der Waals surface area contributed by atoms with E-state index in [1.165, 1.54) is 0 Å². The topological polar surface area (TPSA) is 58.1 Å². The predicted molar refractivity (Wildman–Crippen MR) is 90.6 cm³/mol. The van der Waals surface area contributed by atoms with Crippen LogP contribution in [0.3, 0.4) is 0 Å². The number of carbonyl (C=O) groups excluding carboxylic acids is 1. The number of hydrogen-bond acceptors (Lipinski definition) is 4. The fraction of sp³-hybridized carbons (Fsp3) is 0.389. The second-order valence-electron chi connectivity index (χ2n) is 5.82. The molecule has 1 saturated heterocycles. The second kappa shape index (κ2) is 7.22. The summed E-state index contributed by atoms with van der Waals surface area (Å²) < 4.78 is 0. The van der Waals surface area contributed by atoms with Crippen molar-refractivity contribution in [2.75, 3.05) is 18.0 Å². The van der Waals surface area contributed by atoms with Crippen molar-refractivity contribution in [2.45, 2.75) is 32.2 Å². The normalized spacial score (nSPS) is 17.8. The van der Waals surface area contributed by atoms with Crippen LogP contribution >= 0.6 is 0 Å². The van der Waals surface area contributed by atoms with Crippen LogP contribution in [0, 0.1) is 0 Å². The van der Waals surface area contributed by atoms with Crippen molar-refractivity contribution >= 4 is 11.9 Å². The highest BCUT2D eigenvalue weighted by molar-refractivity contribution is 5.95. The molecule has 2 heterocycles. The molecule has 0 aliphatic carbocycles. The Hall–Kier alpha value is -2.43. The van der Waals surface area contributed by atoms with Gasteiger partial charge in [-0.25, -0.2) is 9.97 Å². The monoisotopic (exact) mass is 310 g/mol. The molecule has 1 fully saturated rings. The third-order valence-corrected chi connectivity index (χ3v) is 4.23. The Balaban J connectivity index is 1.67. The molecule has 1 aromatic heterocycles. The Bertz CT molecular complexity index is 659. The van der Waals surface area contributed by atoms with Gasteiger partial charge in [0.1, 0.15) is 0 Å². The van der Waals surface area contributed by atoms with Gasteiger partial charge in [-0.2, -0.15) is 0 Å². The number of carbonyl (C=O) groups is 1. The summed E-state index contributed by atoms with van der Waals surface area (Å²) in [5, 5.41) is 3.17. The van der Waals surface area contributed by atoms with Crippen molar-refractivity contribution in [3.8, 4) is 0 Å². The fourth-order valence-electron chi connectivity index (χ4n) is 3.04. The summed E-state index contributed by atoms with van der Waals surface area (Å²) in [6.45, 7) is 3.76. The summed E-state index contributed by atoms with van der Waals surface area (Å²) in [5.41, 5.74) is 1.87. The van der Waals surface area contributed by atoms with E-state index in [-0.39, 0.29) is 11.9 Å². The van der Waals surface area contributed by atoms with Crippen LogP contribution in [0.1, 0.15) is 35.7 Å². The van der Waals surface area contributed by atoms with Gasteiger partial charge < -0.3 is 10.2 Å². The van der Waals surface area contributed by atoms with Gasteiger partial charge in [-0.05, 0) is 37.0 Å². The zero-order chi connectivity index (χ0) is 16.1. The number of nitrogens with one attached hydrogen (secondary N) is 1. The van der Waals surface area contributed by atoms with Gasteiger partial charge in [0.05, 0.1) is 0 Å². The van der Waals surface area contributed by atoms with E-state index < -0.39 is 0 Å². The lowest BCUT2D eigenvalue weighted by Crippen LogP contribution is -2.48. The highest BCUT2D eigenvalue weighted by atomic mass is 16.1. The van der Waals surface area contributed by atoms with Gasteiger partial charge in [0.2, 0.25) is 5.95 Å². The van der Waals surface area contributed by atoms with Gasteiger partial charge >= 0.3 is 0 Å². The van der Waals surface area contributed by atoms with Gasteiger partial charge in [0.15, 0.2) is 0 Å². The van der Waals surface area contributed by atoms with Crippen LogP contribution in [0.2, 0.25) is 0 Å². The molecule has 0 radical (unpaired) electrons. The summed E-state index contributed by atoms with van der Waals surface area (Å²) in [7, 11) is 0. The maximum Gasteiger partial charge on any atom is 0.251 e. The molecule has 1 amide bonds. The Labute approximate surface area is 136 Å². The van der Waals surface area contributed by atoms with Gasteiger partial charge in [-0.3, -0.25) is 4.79 Å². The Morgan fingerprint density at radius 2 is 2.04 bits per heavy atom. The summed E-state index contributed by atoms with van der Waals surface area (Å²) in [6.07, 6.45) is 6.38. The van der Waals surface area contributed by atoms with Crippen LogP contribution in [0.15, 0.2) is 42.7 Å². The van der Waals surface area contributed by atoms with E-state index in [4.69, 9.17) is 0 Å². The lowest BCUT2D eigenvalue weighted by atomic mass is 10.0. The summed E-state index contributed by atoms with van der Waals surface area (Å²) in [4.78, 5) is 23.3. The number of piperidine rings is 1. The first-order valence-electron chi connectivity index (χ1n) is 8.18. The molecule has 2 aromatic rings. The minimum atomic E-state index is 0.0169. The average Bonchev–Trinajstić information content (AvgIpc) is 2.62. The van der Waals surface area contributed by atoms with Crippen molar-refractivity contribution in [3.05, 3.63) is 53.9 Å². The van der Waals surface area contributed by atoms with Gasteiger partial charge in [-0.1, -0.05) is 25.1 Å². The number of anilines is 1. The molecule has 0 spiro atoms. The standard InChI is InChI=1S/C18H22N4O/c1-2-14-7-3-4-9-16(14)17(23)21-15-8-5-12-22(13-15)18-19-10-6-11-20-18/h3-4,6-7,9-11,15H,2,5,8,12-13H2,1H3,(H,21,23). The summed E-state index contributed by atoms with van der Waals surface area (Å²) in [6, 6.07) is 9.75. The number of amides is 1. The van der Waals surface area contributed by atoms with Crippen molar-refractivity contribution in [2.24, 2.45) is 0 Å². The van der Waals surface area contributed by atoms with Gasteiger partial charge in [0.25, 0.3) is 5.91 Å². The maximum absolute atomic E-state index is 12.6. The number of benzene rings is 1. The fourth-order valence-corrected chi connectivity index (χ4v) is 3.04. The SMILES string of the molecule is CCc1ccccc1C(=O)NC1CCCN(c2ncccn2)C1. The van der Waals surface area contributed by atoms with Crippen LogP contribution < -0.4 is 10.2 Å². The first-order chi connectivity index (χ1) is 11.3. The lowest BCUT2D eigenvalue weighted by Gasteiger charge is -2.33. The molecule has 0 saturated carbocycles. The molecule has 1 atom stereocenters. The second-order valence-corrected chi connectivity index (χ2v) is 5.82. The van der Waals surface area contributed by atoms with Gasteiger partial charge in [0, 0.05) is 37.1 Å². The molecular formula is C18H22N4O. The van der Waals surface area contributed by atoms with E-state index in [1.807, 2.05) is 30.3 Å². The lowest BCUT2D eigenvalue weighted by molar-refractivity contribution is 0.0932. The van der Waals surface area contributed by atoms with Crippen molar-refractivity contribution in [1.82, 2.24) is 15.3 Å². The van der Waals surface area contributed by atoms with Crippen LogP contribution in [-0.4, -0.2) is 35.0 Å². The van der Waals surface area contributed by atoms with Crippen molar-refractivity contribution in [1.29, 1.82) is 0 Å². The van der Waals surface area contributed by atoms with E-state index in [1.54, 1.807) is 12.4 Å². The molecular weight excluding hydrogens is 288 g/mol. The number of hydrogen-bond donors (Lipinski definition) is 1. The Morgan fingerprint density at radius 1 is 1.26 bits per heavy atom. The van der Waals surface area contributed by atoms with Crippen molar-refractivity contribution < 1.29 is 4.79 Å². The molecule has 1 aliphatic rings. The smallest absolute Gasteiger partial charge is 0.251 e. The zero-order valence-corrected chi connectivity index (χ0v) is 13.4. The van der Waals surface area contributed by atoms with E-state index in [2.05, 4.69) is 27.1 Å². The molecule has 1 aromatic carbocycles. The molecule has 5 nitrogen and oxygen atoms in total. The first kappa shape index (κ1) is 15.5. The maximum atomic E-state index is 12.6. The van der Waals surface area contributed by atoms with E-state index in [0.717, 1.165) is 49.4 Å². The molecule has 120 valence electrons. The highest BCUT2D eigenvalue weighted by Gasteiger charge is 2.23. The third kappa shape index (κ3) is 3.67. The number of aryl methyl sites for hydroxylation is 1. The molecule has 1 aliphatic heterocycles. The molecule has 5 heteroatoms. The minimum absolute atomic E-state index is 0.0169. The third-order valence-electron chi connectivity index (χ3n) is 4.23.